The molecule has 0 aliphatic rings. The Morgan fingerprint density at radius 1 is 0.481 bits per heavy atom. The predicted molar refractivity (Wildman–Crippen MR) is 116 cm³/mol. The molecule has 0 atom stereocenters. The van der Waals surface area contributed by atoms with Crippen molar-refractivity contribution in [3.63, 3.8) is 0 Å². The van der Waals surface area contributed by atoms with Gasteiger partial charge in [-0.05, 0) is 0 Å². The summed E-state index contributed by atoms with van der Waals surface area (Å²) in [6, 6.07) is 31.6. The Bertz CT molecular complexity index is 732. The van der Waals surface area contributed by atoms with Crippen LogP contribution in [0.2, 0.25) is 0 Å². The molecule has 0 spiro atoms. The maximum atomic E-state index is 7.05. The third-order valence-corrected chi connectivity index (χ3v) is 15.7. The topological polar surface area (TPSA) is 18.5 Å². The summed E-state index contributed by atoms with van der Waals surface area (Å²) in [6.45, 7) is 8.38. The van der Waals surface area contributed by atoms with Crippen LogP contribution in [0.5, 0.6) is 0 Å². The molecule has 3 aromatic rings. The third kappa shape index (κ3) is 3.50. The molecule has 3 aromatic carbocycles. The molecule has 27 heavy (non-hydrogen) atoms. The van der Waals surface area contributed by atoms with E-state index >= 15 is 0 Å². The van der Waals surface area contributed by atoms with Gasteiger partial charge in [-0.25, -0.2) is 0 Å². The summed E-state index contributed by atoms with van der Waals surface area (Å²) in [5.41, 5.74) is 0. The van der Waals surface area contributed by atoms with E-state index in [0.29, 0.717) is 0 Å². The molecule has 2 nitrogen and oxygen atoms in total. The van der Waals surface area contributed by atoms with E-state index in [2.05, 4.69) is 100 Å². The van der Waals surface area contributed by atoms with Gasteiger partial charge in [-0.1, -0.05) is 0 Å². The van der Waals surface area contributed by atoms with E-state index in [-0.39, 0.29) is 12.2 Å². The van der Waals surface area contributed by atoms with Crippen molar-refractivity contribution in [1.82, 2.24) is 0 Å². The molecule has 0 fully saturated rings. The van der Waals surface area contributed by atoms with Gasteiger partial charge in [0.1, 0.15) is 0 Å². The summed E-state index contributed by atoms with van der Waals surface area (Å²) in [4.78, 5) is 0. The molecule has 3 heteroatoms. The molecule has 0 bridgehead atoms. The Hall–Kier alpha value is -1.86. The zero-order chi connectivity index (χ0) is 19.4. The standard InChI is InChI=1S/C24H29AsO2/c1-20(2)26-25(27-21(3)4,22-14-8-5-9-15-22,23-16-10-6-11-17-23)24-18-12-7-13-19-24/h5-21H,1-4H3. The van der Waals surface area contributed by atoms with Gasteiger partial charge in [0.2, 0.25) is 0 Å². The van der Waals surface area contributed by atoms with Crippen LogP contribution in [0.15, 0.2) is 91.0 Å². The van der Waals surface area contributed by atoms with Crippen molar-refractivity contribution in [2.75, 3.05) is 0 Å². The second-order valence-corrected chi connectivity index (χ2v) is 15.4. The second kappa shape index (κ2) is 8.02. The molecule has 0 aliphatic carbocycles. The summed E-state index contributed by atoms with van der Waals surface area (Å²) in [5, 5.41) is 0. The maximum absolute atomic E-state index is 7.05. The average molecular weight is 424 g/mol. The van der Waals surface area contributed by atoms with E-state index in [1.165, 1.54) is 0 Å². The molecule has 0 heterocycles. The van der Waals surface area contributed by atoms with Crippen molar-refractivity contribution < 1.29 is 7.45 Å². The first kappa shape index (κ1) is 19.9. The normalized spacial score (nSPS) is 13.5. The van der Waals surface area contributed by atoms with E-state index in [9.17, 15) is 0 Å². The minimum absolute atomic E-state index is 0.00960. The van der Waals surface area contributed by atoms with E-state index < -0.39 is 13.1 Å². The molecule has 0 amide bonds. The van der Waals surface area contributed by atoms with Crippen molar-refractivity contribution in [3.8, 4) is 0 Å². The first-order chi connectivity index (χ1) is 13.0. The van der Waals surface area contributed by atoms with Gasteiger partial charge in [-0.15, -0.1) is 0 Å². The number of benzene rings is 3. The molecule has 0 radical (unpaired) electrons. The van der Waals surface area contributed by atoms with Crippen LogP contribution in [0.3, 0.4) is 0 Å². The van der Waals surface area contributed by atoms with Crippen LogP contribution in [0.25, 0.3) is 0 Å². The summed E-state index contributed by atoms with van der Waals surface area (Å²) >= 11 is -4.37. The summed E-state index contributed by atoms with van der Waals surface area (Å²) in [6.07, 6.45) is 0.0192. The van der Waals surface area contributed by atoms with Crippen molar-refractivity contribution in [3.05, 3.63) is 91.0 Å². The van der Waals surface area contributed by atoms with Crippen LogP contribution in [0, 0.1) is 0 Å². The summed E-state index contributed by atoms with van der Waals surface area (Å²) < 4.78 is 17.5. The van der Waals surface area contributed by atoms with Crippen LogP contribution in [0.1, 0.15) is 27.7 Å². The summed E-state index contributed by atoms with van der Waals surface area (Å²) in [5.74, 6) is 0. The predicted octanol–water partition coefficient (Wildman–Crippen LogP) is 3.95. The van der Waals surface area contributed by atoms with E-state index in [4.69, 9.17) is 7.45 Å². The molecular formula is C24H29AsO2. The molecule has 0 saturated carbocycles. The van der Waals surface area contributed by atoms with Crippen LogP contribution in [0.4, 0.5) is 0 Å². The molecule has 0 aromatic heterocycles. The number of rotatable bonds is 7. The van der Waals surface area contributed by atoms with E-state index in [0.717, 1.165) is 13.1 Å². The average Bonchev–Trinajstić information content (AvgIpc) is 2.69. The van der Waals surface area contributed by atoms with Gasteiger partial charge in [0.25, 0.3) is 0 Å². The Morgan fingerprint density at radius 3 is 0.963 bits per heavy atom. The minimum atomic E-state index is -4.37. The number of hydrogen-bond acceptors (Lipinski definition) is 2. The molecule has 0 unspecified atom stereocenters. The fourth-order valence-corrected chi connectivity index (χ4v) is 15.1. The quantitative estimate of drug-likeness (QED) is 0.535. The van der Waals surface area contributed by atoms with Gasteiger partial charge in [-0.2, -0.15) is 0 Å². The first-order valence-electron chi connectivity index (χ1n) is 9.55. The Labute approximate surface area is 164 Å². The summed E-state index contributed by atoms with van der Waals surface area (Å²) in [7, 11) is 0. The Kier molecular flexibility index (Phi) is 5.91. The monoisotopic (exact) mass is 424 g/mol. The van der Waals surface area contributed by atoms with E-state index in [1.54, 1.807) is 0 Å². The van der Waals surface area contributed by atoms with Crippen molar-refractivity contribution in [1.29, 1.82) is 0 Å². The van der Waals surface area contributed by atoms with Gasteiger partial charge in [-0.3, -0.25) is 0 Å². The molecule has 142 valence electrons. The molecule has 3 rings (SSSR count). The second-order valence-electron chi connectivity index (χ2n) is 7.27. The third-order valence-electron chi connectivity index (χ3n) is 4.50. The number of hydrogen-bond donors (Lipinski definition) is 0. The van der Waals surface area contributed by atoms with Gasteiger partial charge in [0.05, 0.1) is 0 Å². The van der Waals surface area contributed by atoms with Gasteiger partial charge >= 0.3 is 165 Å². The zero-order valence-corrected chi connectivity index (χ0v) is 18.5. The van der Waals surface area contributed by atoms with Gasteiger partial charge < -0.3 is 0 Å². The first-order valence-corrected chi connectivity index (χ1v) is 13.9. The molecule has 0 saturated heterocycles. The van der Waals surface area contributed by atoms with Crippen LogP contribution >= 0.6 is 0 Å². The van der Waals surface area contributed by atoms with Crippen molar-refractivity contribution >= 4 is 26.2 Å². The molecule has 0 aliphatic heterocycles. The van der Waals surface area contributed by atoms with E-state index in [1.807, 2.05) is 18.2 Å². The Morgan fingerprint density at radius 2 is 0.741 bits per heavy atom. The Balaban J connectivity index is 2.52. The molecule has 0 N–H and O–H groups in total. The van der Waals surface area contributed by atoms with Crippen LogP contribution in [-0.2, 0) is 7.45 Å². The van der Waals surface area contributed by atoms with Crippen molar-refractivity contribution in [2.45, 2.75) is 39.9 Å². The SMILES string of the molecule is CC(C)O[As](OC(C)C)(c1ccccc1)(c1ccccc1)c1ccccc1. The van der Waals surface area contributed by atoms with Gasteiger partial charge in [0, 0.05) is 0 Å². The zero-order valence-electron chi connectivity index (χ0n) is 16.6. The van der Waals surface area contributed by atoms with Crippen LogP contribution < -0.4 is 13.1 Å². The molecular weight excluding hydrogens is 395 g/mol. The van der Waals surface area contributed by atoms with Gasteiger partial charge in [0.15, 0.2) is 0 Å². The fourth-order valence-electron chi connectivity index (χ4n) is 3.74. The fraction of sp³-hybridized carbons (Fsp3) is 0.250. The van der Waals surface area contributed by atoms with Crippen LogP contribution in [-0.4, -0.2) is 25.3 Å². The van der Waals surface area contributed by atoms with Crippen molar-refractivity contribution in [2.24, 2.45) is 0 Å².